The van der Waals surface area contributed by atoms with E-state index >= 15 is 0 Å². The molecule has 0 aromatic carbocycles. The maximum Gasteiger partial charge on any atom is 0.410 e. The summed E-state index contributed by atoms with van der Waals surface area (Å²) in [7, 11) is -0.565. The summed E-state index contributed by atoms with van der Waals surface area (Å²) in [5.41, 5.74) is -0.0575. The number of hydrogen-bond donors (Lipinski definition) is 1. The van der Waals surface area contributed by atoms with Gasteiger partial charge in [-0.2, -0.15) is 4.98 Å². The Bertz CT molecular complexity index is 1010. The lowest BCUT2D eigenvalue weighted by atomic mass is 9.86. The summed E-state index contributed by atoms with van der Waals surface area (Å²) in [6.45, 7) is 2.12. The van der Waals surface area contributed by atoms with E-state index in [1.165, 1.54) is 14.2 Å². The summed E-state index contributed by atoms with van der Waals surface area (Å²) >= 11 is 6.08. The van der Waals surface area contributed by atoms with E-state index in [1.807, 2.05) is 6.92 Å². The first-order chi connectivity index (χ1) is 15.6. The predicted octanol–water partition coefficient (Wildman–Crippen LogP) is 2.11. The third-order valence-corrected chi connectivity index (χ3v) is 8.18. The lowest BCUT2D eigenvalue weighted by Crippen LogP contribution is -2.50. The highest BCUT2D eigenvalue weighted by Crippen LogP contribution is 2.62. The lowest BCUT2D eigenvalue weighted by Gasteiger charge is -2.32. The van der Waals surface area contributed by atoms with Crippen molar-refractivity contribution in [1.29, 1.82) is 0 Å². The largest absolute Gasteiger partial charge is 0.480 e. The summed E-state index contributed by atoms with van der Waals surface area (Å²) in [5.74, 6) is 1.57. The van der Waals surface area contributed by atoms with Crippen LogP contribution in [-0.2, 0) is 24.9 Å². The number of halogens is 1. The molecule has 12 heteroatoms. The van der Waals surface area contributed by atoms with Gasteiger partial charge in [0.2, 0.25) is 15.9 Å². The molecule has 184 valence electrons. The first kappa shape index (κ1) is 24.4. The predicted molar refractivity (Wildman–Crippen MR) is 121 cm³/mol. The second kappa shape index (κ2) is 9.16. The van der Waals surface area contributed by atoms with Gasteiger partial charge in [-0.1, -0.05) is 11.6 Å². The number of fused-ring (bicyclic) bond motifs is 1. The second-order valence-electron chi connectivity index (χ2n) is 9.36. The molecule has 2 heterocycles. The number of sulfonamides is 1. The third kappa shape index (κ3) is 4.91. The first-order valence-electron chi connectivity index (χ1n) is 11.1. The number of ether oxygens (including phenoxy) is 3. The lowest BCUT2D eigenvalue weighted by molar-refractivity contribution is -0.0103. The monoisotopic (exact) mass is 502 g/mol. The number of hydrogen-bond acceptors (Lipinski definition) is 8. The molecule has 0 spiro atoms. The SMILES string of the molecule is COC(=O)N1[C@H](C)C[C@H](NS(C)(=O)=O)[C@@H]1COC1CCC2(c3ncc(Cl)c(OC)n3)CC2C1. The quantitative estimate of drug-likeness (QED) is 0.602. The van der Waals surface area contributed by atoms with Gasteiger partial charge in [0.05, 0.1) is 45.4 Å². The highest BCUT2D eigenvalue weighted by Gasteiger charge is 2.60. The van der Waals surface area contributed by atoms with Crippen LogP contribution >= 0.6 is 11.6 Å². The molecule has 1 saturated heterocycles. The molecule has 10 nitrogen and oxygen atoms in total. The summed E-state index contributed by atoms with van der Waals surface area (Å²) in [4.78, 5) is 22.9. The highest BCUT2D eigenvalue weighted by atomic mass is 35.5. The molecule has 2 saturated carbocycles. The molecule has 0 bridgehead atoms. The van der Waals surface area contributed by atoms with Crippen molar-refractivity contribution in [3.63, 3.8) is 0 Å². The summed E-state index contributed by atoms with van der Waals surface area (Å²) < 4.78 is 42.8. The molecule has 3 unspecified atom stereocenters. The van der Waals surface area contributed by atoms with Crippen LogP contribution in [0.4, 0.5) is 4.79 Å². The standard InChI is InChI=1S/C21H31ClN4O6S/c1-12-7-16(25-33(4,28)29)17(26(12)20(27)31-3)11-32-14-5-6-21(9-13(21)8-14)19-23-10-15(22)18(24-19)30-2/h10,12-14,16-17,25H,5-9,11H2,1-4H3/t12-,13?,14?,16+,17+,21?/m1/s1. The molecule has 6 atom stereocenters. The van der Waals surface area contributed by atoms with E-state index in [9.17, 15) is 13.2 Å². The number of nitrogens with one attached hydrogen (secondary N) is 1. The number of carbonyl (C=O) groups is 1. The van der Waals surface area contributed by atoms with Gasteiger partial charge in [0.25, 0.3) is 0 Å². The molecule has 3 aliphatic rings. The Morgan fingerprint density at radius 3 is 2.76 bits per heavy atom. The zero-order chi connectivity index (χ0) is 24.0. The van der Waals surface area contributed by atoms with Crippen molar-refractivity contribution in [2.75, 3.05) is 27.1 Å². The van der Waals surface area contributed by atoms with Crippen molar-refractivity contribution in [3.05, 3.63) is 17.0 Å². The van der Waals surface area contributed by atoms with Gasteiger partial charge in [0.15, 0.2) is 0 Å². The number of aromatic nitrogens is 2. The van der Waals surface area contributed by atoms with Gasteiger partial charge in [-0.05, 0) is 44.9 Å². The van der Waals surface area contributed by atoms with Gasteiger partial charge in [-0.15, -0.1) is 0 Å². The number of carbonyl (C=O) groups excluding carboxylic acids is 1. The maximum absolute atomic E-state index is 12.4. The molecule has 3 fully saturated rings. The second-order valence-corrected chi connectivity index (χ2v) is 11.6. The normalized spacial score (nSPS) is 33.5. The topological polar surface area (TPSA) is 120 Å². The molecule has 1 aliphatic heterocycles. The van der Waals surface area contributed by atoms with Crippen molar-refractivity contribution in [3.8, 4) is 5.88 Å². The van der Waals surface area contributed by atoms with Crippen molar-refractivity contribution in [2.24, 2.45) is 5.92 Å². The molecule has 1 amide bonds. The molecule has 1 N–H and O–H groups in total. The van der Waals surface area contributed by atoms with Gasteiger partial charge in [-0.3, -0.25) is 4.90 Å². The summed E-state index contributed by atoms with van der Waals surface area (Å²) in [6, 6.07) is -1.02. The Labute approximate surface area is 199 Å². The number of nitrogens with zero attached hydrogens (tertiary/aromatic N) is 3. The highest BCUT2D eigenvalue weighted by molar-refractivity contribution is 7.88. The van der Waals surface area contributed by atoms with E-state index in [1.54, 1.807) is 11.1 Å². The molecule has 0 radical (unpaired) electrons. The van der Waals surface area contributed by atoms with E-state index in [2.05, 4.69) is 14.7 Å². The molecule has 2 aliphatic carbocycles. The molecular formula is C21H31ClN4O6S. The minimum atomic E-state index is -3.43. The first-order valence-corrected chi connectivity index (χ1v) is 13.4. The van der Waals surface area contributed by atoms with Crippen LogP contribution in [0, 0.1) is 5.92 Å². The smallest absolute Gasteiger partial charge is 0.410 e. The van der Waals surface area contributed by atoms with Crippen LogP contribution in [0.3, 0.4) is 0 Å². The van der Waals surface area contributed by atoms with Crippen molar-refractivity contribution in [1.82, 2.24) is 19.6 Å². The van der Waals surface area contributed by atoms with Crippen LogP contribution < -0.4 is 9.46 Å². The van der Waals surface area contributed by atoms with Gasteiger partial charge >= 0.3 is 6.09 Å². The Morgan fingerprint density at radius 1 is 1.36 bits per heavy atom. The van der Waals surface area contributed by atoms with E-state index in [0.717, 1.165) is 37.8 Å². The Kier molecular flexibility index (Phi) is 6.78. The van der Waals surface area contributed by atoms with E-state index in [0.29, 0.717) is 23.2 Å². The molecule has 1 aromatic heterocycles. The minimum Gasteiger partial charge on any atom is -0.480 e. The average Bonchev–Trinajstić information content (AvgIpc) is 3.42. The Morgan fingerprint density at radius 2 is 2.12 bits per heavy atom. The van der Waals surface area contributed by atoms with Gasteiger partial charge in [0, 0.05) is 17.5 Å². The molecule has 1 aromatic rings. The summed E-state index contributed by atoms with van der Waals surface area (Å²) in [6.07, 6.45) is 6.33. The fraction of sp³-hybridized carbons (Fsp3) is 0.762. The summed E-state index contributed by atoms with van der Waals surface area (Å²) in [5, 5.41) is 0.394. The number of likely N-dealkylation sites (tertiary alicyclic amines) is 1. The number of amides is 1. The van der Waals surface area contributed by atoms with Crippen LogP contribution in [0.25, 0.3) is 0 Å². The maximum atomic E-state index is 12.4. The van der Waals surface area contributed by atoms with Gasteiger partial charge < -0.3 is 14.2 Å². The molecule has 33 heavy (non-hydrogen) atoms. The Hall–Kier alpha value is -1.69. The van der Waals surface area contributed by atoms with Crippen LogP contribution in [0.15, 0.2) is 6.20 Å². The van der Waals surface area contributed by atoms with Crippen molar-refractivity contribution < 1.29 is 27.4 Å². The van der Waals surface area contributed by atoms with Crippen molar-refractivity contribution >= 4 is 27.7 Å². The fourth-order valence-corrected chi connectivity index (χ4v) is 6.51. The average molecular weight is 503 g/mol. The molecule has 4 rings (SSSR count). The van der Waals surface area contributed by atoms with E-state index in [4.69, 9.17) is 25.8 Å². The third-order valence-electron chi connectivity index (χ3n) is 7.19. The zero-order valence-electron chi connectivity index (χ0n) is 19.3. The fourth-order valence-electron chi connectivity index (χ4n) is 5.53. The van der Waals surface area contributed by atoms with Crippen LogP contribution in [0.5, 0.6) is 5.88 Å². The van der Waals surface area contributed by atoms with Crippen LogP contribution in [0.2, 0.25) is 5.02 Å². The van der Waals surface area contributed by atoms with Crippen LogP contribution in [-0.4, -0.2) is 80.7 Å². The Balaban J connectivity index is 1.40. The minimum absolute atomic E-state index is 0.0223. The zero-order valence-corrected chi connectivity index (χ0v) is 20.9. The van der Waals surface area contributed by atoms with Crippen LogP contribution in [0.1, 0.15) is 44.9 Å². The number of rotatable bonds is 7. The molecular weight excluding hydrogens is 472 g/mol. The number of methoxy groups -OCH3 is 2. The van der Waals surface area contributed by atoms with Crippen molar-refractivity contribution in [2.45, 2.75) is 68.7 Å². The van der Waals surface area contributed by atoms with E-state index in [-0.39, 0.29) is 24.2 Å². The van der Waals surface area contributed by atoms with Gasteiger partial charge in [-0.25, -0.2) is 22.9 Å². The van der Waals surface area contributed by atoms with E-state index < -0.39 is 28.2 Å². The van der Waals surface area contributed by atoms with Gasteiger partial charge in [0.1, 0.15) is 10.8 Å².